The number of rotatable bonds is 3. The van der Waals surface area contributed by atoms with Gasteiger partial charge in [-0.25, -0.2) is 4.98 Å². The van der Waals surface area contributed by atoms with E-state index in [2.05, 4.69) is 20.9 Å². The van der Waals surface area contributed by atoms with Gasteiger partial charge in [0.2, 0.25) is 0 Å². The summed E-state index contributed by atoms with van der Waals surface area (Å²) in [5, 5.41) is 0.297. The highest BCUT2D eigenvalue weighted by atomic mass is 79.9. The Balaban J connectivity index is 2.18. The Labute approximate surface area is 130 Å². The molecule has 1 aromatic heterocycles. The standard InChI is InChI=1S/C14H13BrClN3O/c1-19(8-9-3-2-4-10(15)7-9)14(20)13-11(16)5-6-12(17)18-13/h2-7H,8H2,1H3,(H2,17,18). The highest BCUT2D eigenvalue weighted by Crippen LogP contribution is 2.18. The van der Waals surface area contributed by atoms with Crippen LogP contribution in [0.2, 0.25) is 5.02 Å². The number of nitrogens with two attached hydrogens (primary N) is 1. The predicted molar refractivity (Wildman–Crippen MR) is 83.6 cm³/mol. The Bertz CT molecular complexity index is 648. The van der Waals surface area contributed by atoms with Gasteiger partial charge >= 0.3 is 0 Å². The van der Waals surface area contributed by atoms with Crippen molar-refractivity contribution in [3.05, 3.63) is 57.2 Å². The fourth-order valence-electron chi connectivity index (χ4n) is 1.77. The van der Waals surface area contributed by atoms with Gasteiger partial charge in [0.1, 0.15) is 11.5 Å². The molecule has 1 amide bonds. The number of halogens is 2. The van der Waals surface area contributed by atoms with E-state index in [0.29, 0.717) is 11.6 Å². The summed E-state index contributed by atoms with van der Waals surface area (Å²) < 4.78 is 0.968. The number of amides is 1. The molecule has 0 aliphatic rings. The van der Waals surface area contributed by atoms with E-state index in [4.69, 9.17) is 17.3 Å². The third-order valence-electron chi connectivity index (χ3n) is 2.73. The minimum Gasteiger partial charge on any atom is -0.384 e. The zero-order valence-corrected chi connectivity index (χ0v) is 13.1. The van der Waals surface area contributed by atoms with Crippen LogP contribution in [-0.4, -0.2) is 22.8 Å². The Morgan fingerprint density at radius 3 is 2.85 bits per heavy atom. The molecule has 1 aromatic carbocycles. The third kappa shape index (κ3) is 3.49. The first-order valence-electron chi connectivity index (χ1n) is 5.89. The lowest BCUT2D eigenvalue weighted by atomic mass is 10.2. The van der Waals surface area contributed by atoms with Crippen molar-refractivity contribution in [1.82, 2.24) is 9.88 Å². The van der Waals surface area contributed by atoms with Gasteiger partial charge < -0.3 is 10.6 Å². The van der Waals surface area contributed by atoms with Gasteiger partial charge in [-0.2, -0.15) is 0 Å². The van der Waals surface area contributed by atoms with E-state index in [1.807, 2.05) is 24.3 Å². The Morgan fingerprint density at radius 1 is 1.40 bits per heavy atom. The molecule has 0 aliphatic carbocycles. The van der Waals surface area contributed by atoms with E-state index >= 15 is 0 Å². The Kier molecular flexibility index (Phi) is 4.62. The van der Waals surface area contributed by atoms with Gasteiger partial charge in [0.05, 0.1) is 5.02 Å². The molecule has 1 heterocycles. The highest BCUT2D eigenvalue weighted by Gasteiger charge is 2.17. The van der Waals surface area contributed by atoms with Gasteiger partial charge in [-0.1, -0.05) is 39.7 Å². The van der Waals surface area contributed by atoms with Crippen LogP contribution in [-0.2, 0) is 6.54 Å². The van der Waals surface area contributed by atoms with Crippen molar-refractivity contribution >= 4 is 39.3 Å². The summed E-state index contributed by atoms with van der Waals surface area (Å²) in [5.41, 5.74) is 6.77. The Morgan fingerprint density at radius 2 is 2.15 bits per heavy atom. The molecule has 2 N–H and O–H groups in total. The number of carbonyl (C=O) groups excluding carboxylic acids is 1. The fraction of sp³-hybridized carbons (Fsp3) is 0.143. The molecular formula is C14H13BrClN3O. The summed E-state index contributed by atoms with van der Waals surface area (Å²) in [7, 11) is 1.70. The number of nitrogen functional groups attached to an aromatic ring is 1. The van der Waals surface area contributed by atoms with Gasteiger partial charge in [-0.15, -0.1) is 0 Å². The molecule has 6 heteroatoms. The lowest BCUT2D eigenvalue weighted by Gasteiger charge is -2.17. The smallest absolute Gasteiger partial charge is 0.274 e. The quantitative estimate of drug-likeness (QED) is 0.919. The summed E-state index contributed by atoms with van der Waals surface area (Å²) in [6.07, 6.45) is 0. The van der Waals surface area contributed by atoms with Crippen LogP contribution in [0.5, 0.6) is 0 Å². The van der Waals surface area contributed by atoms with E-state index in [0.717, 1.165) is 10.0 Å². The first-order valence-corrected chi connectivity index (χ1v) is 7.06. The Hall–Kier alpha value is -1.59. The summed E-state index contributed by atoms with van der Waals surface area (Å²) in [4.78, 5) is 17.9. The lowest BCUT2D eigenvalue weighted by Crippen LogP contribution is -2.27. The zero-order valence-electron chi connectivity index (χ0n) is 10.8. The number of hydrogen-bond donors (Lipinski definition) is 1. The molecular weight excluding hydrogens is 342 g/mol. The van der Waals surface area contributed by atoms with Crippen LogP contribution in [0.15, 0.2) is 40.9 Å². The molecule has 0 aliphatic heterocycles. The molecule has 0 saturated heterocycles. The maximum atomic E-state index is 12.3. The molecule has 0 radical (unpaired) electrons. The molecule has 2 rings (SSSR count). The minimum atomic E-state index is -0.262. The summed E-state index contributed by atoms with van der Waals surface area (Å²) in [6, 6.07) is 10.9. The van der Waals surface area contributed by atoms with Crippen molar-refractivity contribution in [2.45, 2.75) is 6.54 Å². The van der Waals surface area contributed by atoms with Crippen molar-refractivity contribution in [2.24, 2.45) is 0 Å². The van der Waals surface area contributed by atoms with E-state index in [1.54, 1.807) is 24.1 Å². The van der Waals surface area contributed by atoms with E-state index in [9.17, 15) is 4.79 Å². The predicted octanol–water partition coefficient (Wildman–Crippen LogP) is 3.35. The minimum absolute atomic E-state index is 0.171. The second-order valence-electron chi connectivity index (χ2n) is 4.36. The monoisotopic (exact) mass is 353 g/mol. The average Bonchev–Trinajstić information content (AvgIpc) is 2.40. The van der Waals surface area contributed by atoms with Gasteiger partial charge in [-0.05, 0) is 29.8 Å². The molecule has 4 nitrogen and oxygen atoms in total. The molecule has 20 heavy (non-hydrogen) atoms. The number of aromatic nitrogens is 1. The maximum absolute atomic E-state index is 12.3. The van der Waals surface area contributed by atoms with Gasteiger partial charge in [0.25, 0.3) is 5.91 Å². The first kappa shape index (κ1) is 14.8. The van der Waals surface area contributed by atoms with Crippen LogP contribution < -0.4 is 5.73 Å². The number of nitrogens with zero attached hydrogens (tertiary/aromatic N) is 2. The van der Waals surface area contributed by atoms with Crippen molar-refractivity contribution in [3.8, 4) is 0 Å². The van der Waals surface area contributed by atoms with E-state index in [-0.39, 0.29) is 17.4 Å². The zero-order chi connectivity index (χ0) is 14.7. The SMILES string of the molecule is CN(Cc1cccc(Br)c1)C(=O)c1nc(N)ccc1Cl. The van der Waals surface area contributed by atoms with Crippen molar-refractivity contribution < 1.29 is 4.79 Å². The first-order chi connectivity index (χ1) is 9.47. The van der Waals surface area contributed by atoms with Crippen LogP contribution in [0.25, 0.3) is 0 Å². The number of pyridine rings is 1. The second kappa shape index (κ2) is 6.24. The molecule has 0 spiro atoms. The molecule has 0 saturated carbocycles. The van der Waals surface area contributed by atoms with Crippen molar-refractivity contribution in [3.63, 3.8) is 0 Å². The molecule has 0 unspecified atom stereocenters. The molecule has 0 fully saturated rings. The van der Waals surface area contributed by atoms with Gasteiger partial charge in [0, 0.05) is 18.1 Å². The fourth-order valence-corrected chi connectivity index (χ4v) is 2.40. The average molecular weight is 355 g/mol. The van der Waals surface area contributed by atoms with Crippen LogP contribution >= 0.6 is 27.5 Å². The normalized spacial score (nSPS) is 10.3. The van der Waals surface area contributed by atoms with Crippen LogP contribution in [0.1, 0.15) is 16.1 Å². The van der Waals surface area contributed by atoms with Crippen molar-refractivity contribution in [1.29, 1.82) is 0 Å². The largest absolute Gasteiger partial charge is 0.384 e. The molecule has 0 atom stereocenters. The number of hydrogen-bond acceptors (Lipinski definition) is 3. The van der Waals surface area contributed by atoms with Gasteiger partial charge in [0.15, 0.2) is 0 Å². The van der Waals surface area contributed by atoms with E-state index < -0.39 is 0 Å². The maximum Gasteiger partial charge on any atom is 0.274 e. The van der Waals surface area contributed by atoms with Crippen LogP contribution in [0.4, 0.5) is 5.82 Å². The highest BCUT2D eigenvalue weighted by molar-refractivity contribution is 9.10. The van der Waals surface area contributed by atoms with Gasteiger partial charge in [-0.3, -0.25) is 4.79 Å². The molecule has 2 aromatic rings. The van der Waals surface area contributed by atoms with Crippen LogP contribution in [0.3, 0.4) is 0 Å². The molecule has 104 valence electrons. The molecule has 0 bridgehead atoms. The van der Waals surface area contributed by atoms with Crippen molar-refractivity contribution in [2.75, 3.05) is 12.8 Å². The van der Waals surface area contributed by atoms with Crippen LogP contribution in [0, 0.1) is 0 Å². The lowest BCUT2D eigenvalue weighted by molar-refractivity contribution is 0.0779. The second-order valence-corrected chi connectivity index (χ2v) is 5.68. The number of benzene rings is 1. The summed E-state index contributed by atoms with van der Waals surface area (Å²) in [6.45, 7) is 0.463. The van der Waals surface area contributed by atoms with E-state index in [1.165, 1.54) is 0 Å². The summed E-state index contributed by atoms with van der Waals surface area (Å²) >= 11 is 9.39. The topological polar surface area (TPSA) is 59.2 Å². The number of carbonyl (C=O) groups is 1. The number of anilines is 1. The third-order valence-corrected chi connectivity index (χ3v) is 3.52. The summed E-state index contributed by atoms with van der Waals surface area (Å²) in [5.74, 6) is 0.0101.